The summed E-state index contributed by atoms with van der Waals surface area (Å²) in [7, 11) is 0. The molecule has 32 heavy (non-hydrogen) atoms. The molecule has 0 saturated carbocycles. The van der Waals surface area contributed by atoms with Gasteiger partial charge in [-0.25, -0.2) is 14.6 Å². The molecule has 2 aliphatic heterocycles. The van der Waals surface area contributed by atoms with Gasteiger partial charge < -0.3 is 14.2 Å². The quantitative estimate of drug-likeness (QED) is 0.785. The first-order valence-corrected chi connectivity index (χ1v) is 11.2. The fourth-order valence-corrected chi connectivity index (χ4v) is 4.36. The van der Waals surface area contributed by atoms with Crippen LogP contribution in [0.4, 0.5) is 15.3 Å². The number of piperidine rings is 1. The summed E-state index contributed by atoms with van der Waals surface area (Å²) in [4.78, 5) is 44.1. The molecule has 172 valence electrons. The zero-order valence-electron chi connectivity index (χ0n) is 19.2. The number of aryl methyl sites for hydroxylation is 1. The number of fused-ring (bicyclic) bond motifs is 1. The summed E-state index contributed by atoms with van der Waals surface area (Å²) in [5.74, 6) is -0.251. The molecule has 2 aromatic heterocycles. The molecule has 4 rings (SSSR count). The number of hydrogen-bond acceptors (Lipinski definition) is 5. The summed E-state index contributed by atoms with van der Waals surface area (Å²) >= 11 is 0. The van der Waals surface area contributed by atoms with E-state index >= 15 is 0 Å². The number of anilines is 1. The summed E-state index contributed by atoms with van der Waals surface area (Å²) in [6.45, 7) is 9.36. The Hall–Kier alpha value is -3.10. The lowest BCUT2D eigenvalue weighted by molar-refractivity contribution is -0.120. The first kappa shape index (κ1) is 22.1. The third kappa shape index (κ3) is 4.42. The highest BCUT2D eigenvalue weighted by Gasteiger charge is 2.29. The minimum atomic E-state index is -0.499. The minimum absolute atomic E-state index is 0.241. The number of nitrogens with zero attached hydrogens (tertiary/aromatic N) is 4. The van der Waals surface area contributed by atoms with Gasteiger partial charge in [0.2, 0.25) is 5.91 Å². The van der Waals surface area contributed by atoms with E-state index in [4.69, 9.17) is 9.72 Å². The molecule has 2 aliphatic rings. The Morgan fingerprint density at radius 1 is 1.22 bits per heavy atom. The minimum Gasteiger partial charge on any atom is -0.444 e. The van der Waals surface area contributed by atoms with Gasteiger partial charge in [0.25, 0.3) is 0 Å². The Labute approximate surface area is 187 Å². The zero-order chi connectivity index (χ0) is 23.0. The van der Waals surface area contributed by atoms with E-state index in [-0.39, 0.29) is 24.5 Å². The second-order valence-corrected chi connectivity index (χ2v) is 9.43. The van der Waals surface area contributed by atoms with E-state index in [1.165, 1.54) is 0 Å². The summed E-state index contributed by atoms with van der Waals surface area (Å²) < 4.78 is 7.72. The first-order valence-electron chi connectivity index (χ1n) is 11.2. The van der Waals surface area contributed by atoms with E-state index in [0.717, 1.165) is 35.9 Å². The molecular weight excluding hydrogens is 410 g/mol. The van der Waals surface area contributed by atoms with Crippen molar-refractivity contribution < 1.29 is 19.1 Å². The SMILES string of the molecule is CCc1cn(C2CCN(C(=O)OC(C)(C)C)CC2)c2ncc(N3CCC(=O)NC3=O)cc12. The van der Waals surface area contributed by atoms with Crippen molar-refractivity contribution in [3.05, 3.63) is 24.0 Å². The second-order valence-electron chi connectivity index (χ2n) is 9.43. The van der Waals surface area contributed by atoms with Gasteiger partial charge in [0.1, 0.15) is 11.2 Å². The maximum absolute atomic E-state index is 12.4. The van der Waals surface area contributed by atoms with Crippen molar-refractivity contribution in [2.45, 2.75) is 65.0 Å². The molecule has 0 aliphatic carbocycles. The average molecular weight is 442 g/mol. The summed E-state index contributed by atoms with van der Waals surface area (Å²) in [5, 5.41) is 3.38. The second kappa shape index (κ2) is 8.44. The topological polar surface area (TPSA) is 96.8 Å². The molecule has 2 saturated heterocycles. The van der Waals surface area contributed by atoms with E-state index in [9.17, 15) is 14.4 Å². The van der Waals surface area contributed by atoms with Crippen LogP contribution in [0.25, 0.3) is 11.0 Å². The van der Waals surface area contributed by atoms with Gasteiger partial charge in [-0.1, -0.05) is 6.92 Å². The van der Waals surface area contributed by atoms with Crippen molar-refractivity contribution in [2.24, 2.45) is 0 Å². The van der Waals surface area contributed by atoms with Gasteiger partial charge in [-0.3, -0.25) is 15.0 Å². The van der Waals surface area contributed by atoms with Crippen molar-refractivity contribution in [3.8, 4) is 0 Å². The lowest BCUT2D eigenvalue weighted by atomic mass is 10.1. The fraction of sp³-hybridized carbons (Fsp3) is 0.565. The number of carbonyl (C=O) groups is 3. The molecule has 0 spiro atoms. The molecule has 4 amide bonds. The third-order valence-electron chi connectivity index (χ3n) is 5.99. The predicted molar refractivity (Wildman–Crippen MR) is 121 cm³/mol. The van der Waals surface area contributed by atoms with Crippen LogP contribution in [0.2, 0.25) is 0 Å². The zero-order valence-corrected chi connectivity index (χ0v) is 19.2. The average Bonchev–Trinajstić information content (AvgIpc) is 3.10. The Bertz CT molecular complexity index is 1050. The van der Waals surface area contributed by atoms with Crippen LogP contribution in [-0.2, 0) is 16.0 Å². The fourth-order valence-electron chi connectivity index (χ4n) is 4.36. The number of imide groups is 1. The van der Waals surface area contributed by atoms with Crippen LogP contribution in [-0.4, -0.2) is 57.7 Å². The molecule has 0 unspecified atom stereocenters. The number of hydrogen-bond donors (Lipinski definition) is 1. The van der Waals surface area contributed by atoms with Crippen LogP contribution >= 0.6 is 0 Å². The van der Waals surface area contributed by atoms with Gasteiger partial charge in [0.05, 0.1) is 11.9 Å². The number of ether oxygens (including phenoxy) is 1. The van der Waals surface area contributed by atoms with Gasteiger partial charge in [-0.2, -0.15) is 0 Å². The Morgan fingerprint density at radius 3 is 2.56 bits per heavy atom. The van der Waals surface area contributed by atoms with Crippen molar-refractivity contribution in [3.63, 3.8) is 0 Å². The van der Waals surface area contributed by atoms with Crippen molar-refractivity contribution >= 4 is 34.8 Å². The molecule has 4 heterocycles. The lowest BCUT2D eigenvalue weighted by Gasteiger charge is -2.34. The number of nitrogens with one attached hydrogen (secondary N) is 1. The van der Waals surface area contributed by atoms with Crippen LogP contribution < -0.4 is 10.2 Å². The van der Waals surface area contributed by atoms with Gasteiger partial charge in [-0.15, -0.1) is 0 Å². The van der Waals surface area contributed by atoms with E-state index in [1.807, 2.05) is 26.8 Å². The summed E-state index contributed by atoms with van der Waals surface area (Å²) in [5.41, 5.74) is 2.24. The number of amides is 4. The maximum Gasteiger partial charge on any atom is 0.410 e. The van der Waals surface area contributed by atoms with E-state index in [1.54, 1.807) is 16.0 Å². The molecule has 9 nitrogen and oxygen atoms in total. The maximum atomic E-state index is 12.4. The number of urea groups is 1. The van der Waals surface area contributed by atoms with Crippen LogP contribution in [0.3, 0.4) is 0 Å². The number of pyridine rings is 1. The van der Waals surface area contributed by atoms with E-state index < -0.39 is 11.6 Å². The lowest BCUT2D eigenvalue weighted by Crippen LogP contribution is -2.49. The number of likely N-dealkylation sites (tertiary alicyclic amines) is 1. The van der Waals surface area contributed by atoms with E-state index in [0.29, 0.717) is 25.3 Å². The highest BCUT2D eigenvalue weighted by atomic mass is 16.6. The molecular formula is C23H31N5O4. The molecule has 0 aromatic carbocycles. The van der Waals surface area contributed by atoms with Crippen LogP contribution in [0.1, 0.15) is 58.6 Å². The van der Waals surface area contributed by atoms with Crippen molar-refractivity contribution in [1.29, 1.82) is 0 Å². The molecule has 1 N–H and O–H groups in total. The monoisotopic (exact) mass is 441 g/mol. The highest BCUT2D eigenvalue weighted by molar-refractivity contribution is 6.06. The van der Waals surface area contributed by atoms with Crippen molar-refractivity contribution in [2.75, 3.05) is 24.5 Å². The number of carbonyl (C=O) groups excluding carboxylic acids is 3. The molecule has 2 aromatic rings. The standard InChI is InChI=1S/C23H31N5O4/c1-5-15-14-28(16-6-9-26(10-7-16)22(31)32-23(2,3)4)20-18(15)12-17(13-24-20)27-11-8-19(29)25-21(27)30/h12-14,16H,5-11H2,1-4H3,(H,25,29,30). The molecule has 0 bridgehead atoms. The van der Waals surface area contributed by atoms with Crippen molar-refractivity contribution in [1.82, 2.24) is 19.8 Å². The van der Waals surface area contributed by atoms with Gasteiger partial charge in [0.15, 0.2) is 0 Å². The predicted octanol–water partition coefficient (Wildman–Crippen LogP) is 3.62. The van der Waals surface area contributed by atoms with E-state index in [2.05, 4.69) is 23.0 Å². The van der Waals surface area contributed by atoms with Crippen LogP contribution in [0.15, 0.2) is 18.5 Å². The van der Waals surface area contributed by atoms with Gasteiger partial charge in [0, 0.05) is 43.7 Å². The Morgan fingerprint density at radius 2 is 1.94 bits per heavy atom. The molecule has 2 fully saturated rings. The first-order chi connectivity index (χ1) is 15.2. The van der Waals surface area contributed by atoms with Gasteiger partial charge >= 0.3 is 12.1 Å². The molecule has 0 radical (unpaired) electrons. The summed E-state index contributed by atoms with van der Waals surface area (Å²) in [6, 6.07) is 1.82. The Balaban J connectivity index is 1.54. The molecule has 9 heteroatoms. The normalized spacial score (nSPS) is 18.2. The Kier molecular flexibility index (Phi) is 5.83. The van der Waals surface area contributed by atoms with Crippen LogP contribution in [0.5, 0.6) is 0 Å². The summed E-state index contributed by atoms with van der Waals surface area (Å²) in [6.07, 6.45) is 6.36. The largest absolute Gasteiger partial charge is 0.444 e. The van der Waals surface area contributed by atoms with Crippen LogP contribution in [0, 0.1) is 0 Å². The van der Waals surface area contributed by atoms with Gasteiger partial charge in [-0.05, 0) is 51.7 Å². The smallest absolute Gasteiger partial charge is 0.410 e. The highest BCUT2D eigenvalue weighted by Crippen LogP contribution is 2.32. The molecule has 0 atom stereocenters. The third-order valence-corrected chi connectivity index (χ3v) is 5.99. The number of rotatable bonds is 3. The number of aromatic nitrogens is 2.